The monoisotopic (exact) mass is 835 g/mol. The molecule has 0 aromatic heterocycles. The summed E-state index contributed by atoms with van der Waals surface area (Å²) in [6, 6.07) is 88.1. The fourth-order valence-electron chi connectivity index (χ4n) is 9.89. The lowest BCUT2D eigenvalue weighted by atomic mass is 9.81. The Morgan fingerprint density at radius 3 is 1.25 bits per heavy atom. The summed E-state index contributed by atoms with van der Waals surface area (Å²) in [5.41, 5.74) is 18.7. The van der Waals surface area contributed by atoms with Crippen molar-refractivity contribution in [1.29, 1.82) is 0 Å². The average Bonchev–Trinajstić information content (AvgIpc) is 3.59. The van der Waals surface area contributed by atoms with Gasteiger partial charge in [0.1, 0.15) is 0 Å². The summed E-state index contributed by atoms with van der Waals surface area (Å²) in [5, 5.41) is 2.39. The van der Waals surface area contributed by atoms with Gasteiger partial charge in [0.25, 0.3) is 0 Å². The molecule has 0 aliphatic heterocycles. The van der Waals surface area contributed by atoms with Gasteiger partial charge in [-0.15, -0.1) is 0 Å². The van der Waals surface area contributed by atoms with E-state index in [-0.39, 0.29) is 5.41 Å². The van der Waals surface area contributed by atoms with E-state index >= 15 is 0 Å². The zero-order valence-electron chi connectivity index (χ0n) is 36.9. The molecule has 0 N–H and O–H groups in total. The molecule has 0 saturated carbocycles. The molecule has 1 aliphatic rings. The Labute approximate surface area is 382 Å². The van der Waals surface area contributed by atoms with Gasteiger partial charge in [-0.2, -0.15) is 0 Å². The first-order chi connectivity index (χ1) is 31.9. The van der Waals surface area contributed by atoms with E-state index in [0.29, 0.717) is 0 Å². The Hall–Kier alpha value is -8.14. The molecule has 0 radical (unpaired) electrons. The number of benzene rings is 10. The molecule has 0 amide bonds. The summed E-state index contributed by atoms with van der Waals surface area (Å²) in [6.07, 6.45) is 0. The van der Waals surface area contributed by atoms with Gasteiger partial charge in [0.2, 0.25) is 0 Å². The Balaban J connectivity index is 1.11. The van der Waals surface area contributed by atoms with Crippen LogP contribution in [-0.4, -0.2) is 0 Å². The normalized spacial score (nSPS) is 12.4. The van der Waals surface area contributed by atoms with Gasteiger partial charge >= 0.3 is 0 Å². The fraction of sp³-hybridized carbons (Fsp3) is 0.0645. The van der Waals surface area contributed by atoms with Crippen molar-refractivity contribution >= 4 is 62.0 Å². The first-order valence-corrected chi connectivity index (χ1v) is 22.5. The zero-order valence-corrected chi connectivity index (χ0v) is 36.9. The molecule has 0 atom stereocenters. The number of anilines is 9. The maximum Gasteiger partial charge on any atom is 0.0503 e. The molecular formula is C62H49N3. The lowest BCUT2D eigenvalue weighted by molar-refractivity contribution is 0.660. The molecule has 0 unspecified atom stereocenters. The Morgan fingerprint density at radius 1 is 0.292 bits per heavy atom. The molecule has 1 aliphatic carbocycles. The molecule has 312 valence electrons. The quantitative estimate of drug-likeness (QED) is 0.136. The van der Waals surface area contributed by atoms with Crippen LogP contribution >= 0.6 is 0 Å². The molecule has 65 heavy (non-hydrogen) atoms. The summed E-state index contributed by atoms with van der Waals surface area (Å²) in [5.74, 6) is 0. The van der Waals surface area contributed by atoms with Crippen molar-refractivity contribution < 1.29 is 0 Å². The van der Waals surface area contributed by atoms with Gasteiger partial charge < -0.3 is 14.7 Å². The van der Waals surface area contributed by atoms with E-state index in [1.54, 1.807) is 0 Å². The number of aryl methyl sites for hydroxylation is 1. The van der Waals surface area contributed by atoms with Gasteiger partial charge in [-0.05, 0) is 154 Å². The molecule has 10 aromatic carbocycles. The van der Waals surface area contributed by atoms with Gasteiger partial charge in [-0.1, -0.05) is 159 Å². The smallest absolute Gasteiger partial charge is 0.0503 e. The van der Waals surface area contributed by atoms with Crippen LogP contribution in [0.5, 0.6) is 0 Å². The predicted octanol–water partition coefficient (Wildman–Crippen LogP) is 17.5. The van der Waals surface area contributed by atoms with Crippen LogP contribution in [0.15, 0.2) is 243 Å². The van der Waals surface area contributed by atoms with Crippen LogP contribution in [0.3, 0.4) is 0 Å². The molecule has 0 spiro atoms. The molecule has 10 aromatic rings. The highest BCUT2D eigenvalue weighted by atomic mass is 15.2. The Morgan fingerprint density at radius 2 is 0.723 bits per heavy atom. The second kappa shape index (κ2) is 16.5. The standard InChI is InChI=1S/C62H49N3/c1-44-19-18-30-59-61(44)58-38-34-48(40-60(58)62(59,2)3)46-31-35-53(36-32-46)65(54-37-33-45-20-16-17-21-47(45)39-54)57-42-55(63(49-22-8-4-9-23-49)50-24-10-5-11-25-50)41-56(43-57)64(51-26-12-6-13-27-51)52-28-14-7-15-29-52/h4-43H,1-3H3. The second-order valence-corrected chi connectivity index (χ2v) is 17.5. The van der Waals surface area contributed by atoms with Crippen molar-refractivity contribution in [3.63, 3.8) is 0 Å². The van der Waals surface area contributed by atoms with E-state index < -0.39 is 0 Å². The van der Waals surface area contributed by atoms with Crippen LogP contribution in [0.25, 0.3) is 33.0 Å². The molecule has 3 heteroatoms. The number of para-hydroxylation sites is 4. The van der Waals surface area contributed by atoms with Crippen molar-refractivity contribution in [3.8, 4) is 22.3 Å². The van der Waals surface area contributed by atoms with Gasteiger partial charge in [0.05, 0.1) is 17.1 Å². The van der Waals surface area contributed by atoms with Crippen molar-refractivity contribution in [2.45, 2.75) is 26.2 Å². The highest BCUT2D eigenvalue weighted by Gasteiger charge is 2.36. The van der Waals surface area contributed by atoms with Gasteiger partial charge in [0.15, 0.2) is 0 Å². The third kappa shape index (κ3) is 7.31. The minimum Gasteiger partial charge on any atom is -0.310 e. The second-order valence-electron chi connectivity index (χ2n) is 17.5. The number of hydrogen-bond acceptors (Lipinski definition) is 3. The highest BCUT2D eigenvalue weighted by molar-refractivity contribution is 5.93. The number of nitrogens with zero attached hydrogens (tertiary/aromatic N) is 3. The number of rotatable bonds is 10. The molecule has 3 nitrogen and oxygen atoms in total. The van der Waals surface area contributed by atoms with Gasteiger partial charge in [-0.25, -0.2) is 0 Å². The molecule has 0 saturated heterocycles. The summed E-state index contributed by atoms with van der Waals surface area (Å²) in [6.45, 7) is 6.96. The van der Waals surface area contributed by atoms with Crippen LogP contribution in [0, 0.1) is 6.92 Å². The van der Waals surface area contributed by atoms with Gasteiger partial charge in [-0.3, -0.25) is 0 Å². The Bertz CT molecular complexity index is 3110. The lowest BCUT2D eigenvalue weighted by Crippen LogP contribution is -2.16. The molecule has 0 fully saturated rings. The topological polar surface area (TPSA) is 9.72 Å². The van der Waals surface area contributed by atoms with E-state index in [0.717, 1.165) is 51.2 Å². The number of hydrogen-bond donors (Lipinski definition) is 0. The largest absolute Gasteiger partial charge is 0.310 e. The molecule has 11 rings (SSSR count). The minimum absolute atomic E-state index is 0.0803. The minimum atomic E-state index is -0.0803. The lowest BCUT2D eigenvalue weighted by Gasteiger charge is -2.33. The summed E-state index contributed by atoms with van der Waals surface area (Å²) in [4.78, 5) is 7.13. The first kappa shape index (κ1) is 39.7. The van der Waals surface area contributed by atoms with Crippen LogP contribution in [0.1, 0.15) is 30.5 Å². The zero-order chi connectivity index (χ0) is 43.9. The molecule has 0 bridgehead atoms. The van der Waals surface area contributed by atoms with Gasteiger partial charge in [0, 0.05) is 39.5 Å². The fourth-order valence-corrected chi connectivity index (χ4v) is 9.89. The third-order valence-corrected chi connectivity index (χ3v) is 13.1. The van der Waals surface area contributed by atoms with Crippen LogP contribution in [0.2, 0.25) is 0 Å². The maximum atomic E-state index is 2.42. The van der Waals surface area contributed by atoms with E-state index in [4.69, 9.17) is 0 Å². The summed E-state index contributed by atoms with van der Waals surface area (Å²) in [7, 11) is 0. The van der Waals surface area contributed by atoms with E-state index in [1.807, 2.05) is 0 Å². The van der Waals surface area contributed by atoms with E-state index in [2.05, 4.69) is 278 Å². The van der Waals surface area contributed by atoms with E-state index in [9.17, 15) is 0 Å². The Kier molecular flexibility index (Phi) is 10.1. The SMILES string of the molecule is Cc1cccc2c1-c1ccc(-c3ccc(N(c4cc(N(c5ccccc5)c5ccccc5)cc(N(c5ccccc5)c5ccccc5)c4)c4ccc5ccccc5c4)cc3)cc1C2(C)C. The summed E-state index contributed by atoms with van der Waals surface area (Å²) >= 11 is 0. The average molecular weight is 836 g/mol. The van der Waals surface area contributed by atoms with Crippen molar-refractivity contribution in [3.05, 3.63) is 259 Å². The van der Waals surface area contributed by atoms with Crippen LogP contribution in [-0.2, 0) is 5.41 Å². The van der Waals surface area contributed by atoms with Crippen molar-refractivity contribution in [2.24, 2.45) is 0 Å². The highest BCUT2D eigenvalue weighted by Crippen LogP contribution is 2.51. The molecule has 0 heterocycles. The molecular weight excluding hydrogens is 787 g/mol. The first-order valence-electron chi connectivity index (χ1n) is 22.5. The number of fused-ring (bicyclic) bond motifs is 4. The summed E-state index contributed by atoms with van der Waals surface area (Å²) < 4.78 is 0. The maximum absolute atomic E-state index is 2.42. The van der Waals surface area contributed by atoms with Crippen molar-refractivity contribution in [1.82, 2.24) is 0 Å². The third-order valence-electron chi connectivity index (χ3n) is 13.1. The van der Waals surface area contributed by atoms with Crippen LogP contribution in [0.4, 0.5) is 51.2 Å². The van der Waals surface area contributed by atoms with E-state index in [1.165, 1.54) is 49.7 Å². The van der Waals surface area contributed by atoms with Crippen molar-refractivity contribution in [2.75, 3.05) is 14.7 Å². The predicted molar refractivity (Wildman–Crippen MR) is 276 cm³/mol. The van der Waals surface area contributed by atoms with Crippen LogP contribution < -0.4 is 14.7 Å².